The van der Waals surface area contributed by atoms with Crippen LogP contribution in [-0.2, 0) is 16.1 Å². The van der Waals surface area contributed by atoms with Gasteiger partial charge < -0.3 is 25.4 Å². The number of ether oxygens (including phenoxy) is 2. The molecule has 12 heteroatoms. The summed E-state index contributed by atoms with van der Waals surface area (Å²) in [5.74, 6) is 1.11. The van der Waals surface area contributed by atoms with Crippen molar-refractivity contribution < 1.29 is 14.3 Å². The highest BCUT2D eigenvalue weighted by atomic mass is 16.5. The molecule has 0 unspecified atom stereocenters. The predicted octanol–water partition coefficient (Wildman–Crippen LogP) is 2.77. The van der Waals surface area contributed by atoms with Crippen LogP contribution in [-0.4, -0.2) is 67.3 Å². The second kappa shape index (κ2) is 11.4. The fraction of sp³-hybridized carbons (Fsp3) is 0.323. The molecule has 4 aromatic rings. The number of nitrogens with two attached hydrogens (primary N) is 1. The van der Waals surface area contributed by atoms with Gasteiger partial charge in [-0.25, -0.2) is 14.8 Å². The van der Waals surface area contributed by atoms with E-state index in [0.29, 0.717) is 54.5 Å². The van der Waals surface area contributed by atoms with Gasteiger partial charge in [-0.1, -0.05) is 18.2 Å². The van der Waals surface area contributed by atoms with E-state index in [4.69, 9.17) is 15.2 Å². The van der Waals surface area contributed by atoms with Gasteiger partial charge in [-0.05, 0) is 62.7 Å². The number of anilines is 1. The van der Waals surface area contributed by atoms with E-state index in [-0.39, 0.29) is 41.6 Å². The van der Waals surface area contributed by atoms with Gasteiger partial charge in [-0.3, -0.25) is 13.9 Å². The van der Waals surface area contributed by atoms with Gasteiger partial charge in [-0.2, -0.15) is 5.26 Å². The first-order chi connectivity index (χ1) is 20.7. The highest BCUT2D eigenvalue weighted by molar-refractivity contribution is 5.98. The van der Waals surface area contributed by atoms with Crippen LogP contribution < -0.4 is 21.5 Å². The Kier molecular flexibility index (Phi) is 7.43. The third-order valence-corrected chi connectivity index (χ3v) is 7.67. The van der Waals surface area contributed by atoms with Gasteiger partial charge >= 0.3 is 5.69 Å². The van der Waals surface area contributed by atoms with E-state index in [9.17, 15) is 14.9 Å². The number of aromatic nitrogens is 4. The van der Waals surface area contributed by atoms with Gasteiger partial charge in [0.1, 0.15) is 35.0 Å². The second-order valence-electron chi connectivity index (χ2n) is 11.3. The van der Waals surface area contributed by atoms with Crippen LogP contribution in [0.15, 0.2) is 77.4 Å². The molecule has 0 saturated carbocycles. The molecule has 4 heterocycles. The number of imidazole rings is 1. The highest BCUT2D eigenvalue weighted by Crippen LogP contribution is 2.27. The molecular weight excluding hydrogens is 548 g/mol. The lowest BCUT2D eigenvalue weighted by molar-refractivity contribution is -0.134. The maximum Gasteiger partial charge on any atom is 0.335 e. The number of amides is 1. The quantitative estimate of drug-likeness (QED) is 0.225. The van der Waals surface area contributed by atoms with E-state index >= 15 is 0 Å². The zero-order chi connectivity index (χ0) is 30.1. The standard InChI is InChI=1S/C31H32N8O4/c1-31(2,36-21-17-42-18-21)14-20(15-32)29(40)37-13-12-23(37)16-38-28-26(27(33)34-19-35-28)39(30(38)41)22-8-10-25(11-9-22)43-24-6-4-3-5-7-24/h3-11,14,19,21,23,36H,12-13,16-18H2,1-2H3,(H2,33,34,35)/t23-/m0/s1. The number of likely N-dealkylation sites (tertiary alicyclic amines) is 1. The van der Waals surface area contributed by atoms with Crippen molar-refractivity contribution in [2.75, 3.05) is 25.5 Å². The molecule has 0 aliphatic carbocycles. The molecule has 2 aliphatic rings. The monoisotopic (exact) mass is 580 g/mol. The Morgan fingerprint density at radius 1 is 1.16 bits per heavy atom. The molecule has 6 rings (SSSR count). The highest BCUT2D eigenvalue weighted by Gasteiger charge is 2.36. The zero-order valence-electron chi connectivity index (χ0n) is 23.9. The fourth-order valence-corrected chi connectivity index (χ4v) is 5.45. The molecule has 2 fully saturated rings. The molecule has 43 heavy (non-hydrogen) atoms. The Morgan fingerprint density at radius 2 is 1.88 bits per heavy atom. The molecule has 2 aliphatic heterocycles. The molecule has 2 aromatic carbocycles. The van der Waals surface area contributed by atoms with Crippen LogP contribution >= 0.6 is 0 Å². The van der Waals surface area contributed by atoms with E-state index < -0.39 is 5.54 Å². The fourth-order valence-electron chi connectivity index (χ4n) is 5.45. The number of para-hydroxylation sites is 1. The molecule has 0 spiro atoms. The molecule has 1 atom stereocenters. The number of nitriles is 1. The minimum Gasteiger partial charge on any atom is -0.457 e. The summed E-state index contributed by atoms with van der Waals surface area (Å²) in [6.45, 7) is 5.72. The number of nitrogen functional groups attached to an aromatic ring is 1. The van der Waals surface area contributed by atoms with Crippen LogP contribution in [0.2, 0.25) is 0 Å². The van der Waals surface area contributed by atoms with Crippen LogP contribution in [0.5, 0.6) is 11.5 Å². The number of nitrogens with one attached hydrogen (secondary N) is 1. The largest absolute Gasteiger partial charge is 0.457 e. The zero-order valence-corrected chi connectivity index (χ0v) is 23.9. The summed E-state index contributed by atoms with van der Waals surface area (Å²) in [4.78, 5) is 37.4. The van der Waals surface area contributed by atoms with Crippen molar-refractivity contribution in [2.24, 2.45) is 0 Å². The third kappa shape index (κ3) is 5.60. The van der Waals surface area contributed by atoms with Crippen LogP contribution in [0.4, 0.5) is 5.82 Å². The van der Waals surface area contributed by atoms with E-state index in [1.165, 1.54) is 15.5 Å². The van der Waals surface area contributed by atoms with Crippen molar-refractivity contribution in [3.63, 3.8) is 0 Å². The summed E-state index contributed by atoms with van der Waals surface area (Å²) in [7, 11) is 0. The van der Waals surface area contributed by atoms with E-state index in [1.54, 1.807) is 35.2 Å². The first-order valence-corrected chi connectivity index (χ1v) is 14.1. The number of rotatable bonds is 9. The average Bonchev–Trinajstić information content (AvgIpc) is 3.24. The van der Waals surface area contributed by atoms with E-state index in [1.807, 2.05) is 44.2 Å². The van der Waals surface area contributed by atoms with Crippen LogP contribution in [0.1, 0.15) is 20.3 Å². The van der Waals surface area contributed by atoms with Crippen molar-refractivity contribution >= 4 is 22.9 Å². The molecule has 12 nitrogen and oxygen atoms in total. The number of hydrogen-bond acceptors (Lipinski definition) is 9. The molecular formula is C31H32N8O4. The molecule has 2 saturated heterocycles. The smallest absolute Gasteiger partial charge is 0.335 e. The van der Waals surface area contributed by atoms with Gasteiger partial charge in [0.05, 0.1) is 31.0 Å². The van der Waals surface area contributed by atoms with Gasteiger partial charge in [-0.15, -0.1) is 0 Å². The number of fused-ring (bicyclic) bond motifs is 1. The van der Waals surface area contributed by atoms with E-state index in [0.717, 1.165) is 0 Å². The minimum atomic E-state index is -0.573. The third-order valence-electron chi connectivity index (χ3n) is 7.67. The Morgan fingerprint density at radius 3 is 2.51 bits per heavy atom. The Bertz CT molecular complexity index is 1780. The maximum absolute atomic E-state index is 13.9. The first kappa shape index (κ1) is 28.1. The van der Waals surface area contributed by atoms with Gasteiger partial charge in [0.15, 0.2) is 11.5 Å². The molecule has 220 valence electrons. The van der Waals surface area contributed by atoms with E-state index in [2.05, 4.69) is 21.4 Å². The van der Waals surface area contributed by atoms with Crippen molar-refractivity contribution in [2.45, 2.75) is 44.4 Å². The first-order valence-electron chi connectivity index (χ1n) is 14.1. The van der Waals surface area contributed by atoms with Gasteiger partial charge in [0.25, 0.3) is 5.91 Å². The minimum absolute atomic E-state index is 0.0570. The SMILES string of the molecule is CC(C)(C=C(C#N)C(=O)N1CC[C@H]1Cn1c(=O)n(-c2ccc(Oc3ccccc3)cc2)c2c(N)ncnc21)NC1COC1. The second-order valence-corrected chi connectivity index (χ2v) is 11.3. The number of nitrogens with zero attached hydrogens (tertiary/aromatic N) is 6. The normalized spacial score (nSPS) is 17.3. The Balaban J connectivity index is 1.26. The van der Waals surface area contributed by atoms with Crippen molar-refractivity contribution in [3.05, 3.63) is 83.1 Å². The summed E-state index contributed by atoms with van der Waals surface area (Å²) in [5, 5.41) is 13.2. The summed E-state index contributed by atoms with van der Waals surface area (Å²) in [6.07, 6.45) is 3.66. The van der Waals surface area contributed by atoms with Crippen molar-refractivity contribution in [1.82, 2.24) is 29.3 Å². The molecule has 0 radical (unpaired) electrons. The topological polar surface area (TPSA) is 153 Å². The predicted molar refractivity (Wildman–Crippen MR) is 160 cm³/mol. The van der Waals surface area contributed by atoms with Gasteiger partial charge in [0, 0.05) is 18.6 Å². The summed E-state index contributed by atoms with van der Waals surface area (Å²) in [6, 6.07) is 18.4. The van der Waals surface area contributed by atoms with Crippen LogP contribution in [0.25, 0.3) is 16.9 Å². The van der Waals surface area contributed by atoms with Gasteiger partial charge in [0.2, 0.25) is 0 Å². The van der Waals surface area contributed by atoms with Crippen molar-refractivity contribution in [3.8, 4) is 23.3 Å². The Hall–Kier alpha value is -4.99. The molecule has 3 N–H and O–H groups in total. The average molecular weight is 581 g/mol. The summed E-state index contributed by atoms with van der Waals surface area (Å²) >= 11 is 0. The number of hydrogen-bond donors (Lipinski definition) is 2. The molecule has 0 bridgehead atoms. The maximum atomic E-state index is 13.9. The lowest BCUT2D eigenvalue weighted by Gasteiger charge is -2.41. The van der Waals surface area contributed by atoms with Crippen LogP contribution in [0.3, 0.4) is 0 Å². The molecule has 2 aromatic heterocycles. The number of benzene rings is 2. The van der Waals surface area contributed by atoms with Crippen molar-refractivity contribution in [1.29, 1.82) is 5.26 Å². The lowest BCUT2D eigenvalue weighted by atomic mass is 9.96. The number of carbonyl (C=O) groups excluding carboxylic acids is 1. The molecule has 1 amide bonds. The summed E-state index contributed by atoms with van der Waals surface area (Å²) < 4.78 is 14.1. The Labute approximate surface area is 248 Å². The number of carbonyl (C=O) groups is 1. The summed E-state index contributed by atoms with van der Waals surface area (Å²) in [5.41, 5.74) is 6.70. The lowest BCUT2D eigenvalue weighted by Crippen LogP contribution is -2.55. The van der Waals surface area contributed by atoms with Crippen LogP contribution in [0, 0.1) is 11.3 Å².